The zero-order chi connectivity index (χ0) is 15.1. The molecule has 0 saturated heterocycles. The summed E-state index contributed by atoms with van der Waals surface area (Å²) in [4.78, 5) is 34.4. The number of hydrogen-bond acceptors (Lipinski definition) is 5. The molecule has 0 spiro atoms. The normalized spacial score (nSPS) is 10.2. The van der Waals surface area contributed by atoms with E-state index in [1.54, 1.807) is 30.1 Å². The number of likely N-dealkylation sites (N-methyl/N-ethyl adjacent to an activating group) is 1. The van der Waals surface area contributed by atoms with Gasteiger partial charge in [0.2, 0.25) is 5.91 Å². The molecule has 0 aromatic heterocycles. The van der Waals surface area contributed by atoms with Gasteiger partial charge in [0.25, 0.3) is 5.69 Å². The van der Waals surface area contributed by atoms with Crippen LogP contribution in [0, 0.1) is 10.1 Å². The maximum absolute atomic E-state index is 11.5. The summed E-state index contributed by atoms with van der Waals surface area (Å²) in [6, 6.07) is 5.73. The van der Waals surface area contributed by atoms with Crippen LogP contribution in [0.5, 0.6) is 0 Å². The van der Waals surface area contributed by atoms with E-state index in [4.69, 9.17) is 0 Å². The van der Waals surface area contributed by atoms with Gasteiger partial charge in [-0.05, 0) is 7.05 Å². The predicted molar refractivity (Wildman–Crippen MR) is 72.0 cm³/mol. The Morgan fingerprint density at radius 2 is 2.00 bits per heavy atom. The zero-order valence-electron chi connectivity index (χ0n) is 11.3. The third kappa shape index (κ3) is 4.65. The number of imide groups is 1. The molecule has 8 nitrogen and oxygen atoms in total. The molecule has 8 heteroatoms. The second-order valence-corrected chi connectivity index (χ2v) is 4.19. The van der Waals surface area contributed by atoms with Crippen molar-refractivity contribution in [3.63, 3.8) is 0 Å². The van der Waals surface area contributed by atoms with Crippen LogP contribution in [-0.2, 0) is 11.3 Å². The summed E-state index contributed by atoms with van der Waals surface area (Å²) in [6.45, 7) is 0.192. The highest BCUT2D eigenvalue weighted by molar-refractivity contribution is 5.95. The highest BCUT2D eigenvalue weighted by Crippen LogP contribution is 2.18. The minimum Gasteiger partial charge on any atom is -0.341 e. The summed E-state index contributed by atoms with van der Waals surface area (Å²) in [7, 11) is 3.04. The van der Waals surface area contributed by atoms with Crippen LogP contribution in [0.4, 0.5) is 10.5 Å². The third-order valence-corrected chi connectivity index (χ3v) is 2.52. The first-order valence-corrected chi connectivity index (χ1v) is 5.86. The maximum Gasteiger partial charge on any atom is 0.321 e. The second-order valence-electron chi connectivity index (χ2n) is 4.19. The Hall–Kier alpha value is -2.48. The predicted octanol–water partition coefficient (Wildman–Crippen LogP) is 0.482. The highest BCUT2D eigenvalue weighted by atomic mass is 16.6. The molecular formula is C12H16N4O4. The number of hydrogen-bond donors (Lipinski definition) is 2. The van der Waals surface area contributed by atoms with E-state index in [0.717, 1.165) is 0 Å². The molecule has 0 atom stereocenters. The molecule has 0 saturated carbocycles. The number of nitrogens with one attached hydrogen (secondary N) is 2. The molecule has 0 fully saturated rings. The summed E-state index contributed by atoms with van der Waals surface area (Å²) in [5, 5.41) is 15.2. The molecule has 2 N–H and O–H groups in total. The van der Waals surface area contributed by atoms with Crippen molar-refractivity contribution in [2.45, 2.75) is 6.54 Å². The molecule has 108 valence electrons. The fraction of sp³-hybridized carbons (Fsp3) is 0.333. The van der Waals surface area contributed by atoms with Crippen molar-refractivity contribution in [1.82, 2.24) is 15.5 Å². The van der Waals surface area contributed by atoms with E-state index in [1.165, 1.54) is 13.1 Å². The maximum atomic E-state index is 11.5. The van der Waals surface area contributed by atoms with Gasteiger partial charge in [-0.1, -0.05) is 18.2 Å². The Kier molecular flexibility index (Phi) is 5.60. The topological polar surface area (TPSA) is 105 Å². The summed E-state index contributed by atoms with van der Waals surface area (Å²) in [6.07, 6.45) is 0. The van der Waals surface area contributed by atoms with Gasteiger partial charge >= 0.3 is 6.03 Å². The van der Waals surface area contributed by atoms with Crippen LogP contribution in [0.15, 0.2) is 24.3 Å². The van der Waals surface area contributed by atoms with Crippen molar-refractivity contribution in [2.24, 2.45) is 0 Å². The number of benzene rings is 1. The molecule has 0 heterocycles. The van der Waals surface area contributed by atoms with Crippen molar-refractivity contribution in [2.75, 3.05) is 20.6 Å². The second kappa shape index (κ2) is 7.19. The smallest absolute Gasteiger partial charge is 0.321 e. The molecule has 0 aliphatic carbocycles. The quantitative estimate of drug-likeness (QED) is 0.603. The van der Waals surface area contributed by atoms with Crippen molar-refractivity contribution in [3.05, 3.63) is 39.9 Å². The summed E-state index contributed by atoms with van der Waals surface area (Å²) >= 11 is 0. The number of urea groups is 1. The number of carbonyl (C=O) groups is 2. The standard InChI is InChI=1S/C12H16N4O4/c1-13-12(18)14-11(17)8-15(2)7-9-5-3-4-6-10(9)16(19)20/h3-6H,7-8H2,1-2H3,(H2,13,14,17,18). The van der Waals surface area contributed by atoms with E-state index in [2.05, 4.69) is 10.6 Å². The number of rotatable bonds is 5. The molecule has 0 bridgehead atoms. The highest BCUT2D eigenvalue weighted by Gasteiger charge is 2.15. The van der Waals surface area contributed by atoms with E-state index in [0.29, 0.717) is 5.56 Å². The number of amides is 3. The minimum absolute atomic E-state index is 0.00561. The zero-order valence-corrected chi connectivity index (χ0v) is 11.3. The van der Waals surface area contributed by atoms with Gasteiger partial charge in [-0.3, -0.25) is 25.1 Å². The van der Waals surface area contributed by atoms with Gasteiger partial charge in [-0.15, -0.1) is 0 Å². The van der Waals surface area contributed by atoms with Crippen molar-refractivity contribution in [3.8, 4) is 0 Å². The SMILES string of the molecule is CNC(=O)NC(=O)CN(C)Cc1ccccc1[N+](=O)[O-]. The van der Waals surface area contributed by atoms with Gasteiger partial charge < -0.3 is 5.32 Å². The Morgan fingerprint density at radius 1 is 1.35 bits per heavy atom. The monoisotopic (exact) mass is 280 g/mol. The molecular weight excluding hydrogens is 264 g/mol. The van der Waals surface area contributed by atoms with Crippen LogP contribution in [0.25, 0.3) is 0 Å². The Balaban J connectivity index is 2.63. The molecule has 1 aromatic carbocycles. The van der Waals surface area contributed by atoms with Gasteiger partial charge in [0.1, 0.15) is 0 Å². The van der Waals surface area contributed by atoms with Gasteiger partial charge in [0.15, 0.2) is 0 Å². The van der Waals surface area contributed by atoms with Crippen LogP contribution in [0.3, 0.4) is 0 Å². The fourth-order valence-electron chi connectivity index (χ4n) is 1.64. The molecule has 0 aliphatic heterocycles. The molecule has 1 aromatic rings. The first-order valence-electron chi connectivity index (χ1n) is 5.86. The van der Waals surface area contributed by atoms with E-state index in [-0.39, 0.29) is 18.8 Å². The molecule has 0 unspecified atom stereocenters. The van der Waals surface area contributed by atoms with E-state index < -0.39 is 16.9 Å². The first-order chi connectivity index (χ1) is 9.43. The minimum atomic E-state index is -0.589. The van der Waals surface area contributed by atoms with Crippen LogP contribution in [0.1, 0.15) is 5.56 Å². The average Bonchev–Trinajstić information content (AvgIpc) is 2.38. The van der Waals surface area contributed by atoms with Gasteiger partial charge in [0, 0.05) is 25.2 Å². The van der Waals surface area contributed by atoms with Crippen molar-refractivity contribution >= 4 is 17.6 Å². The number of nitro groups is 1. The van der Waals surface area contributed by atoms with Crippen molar-refractivity contribution in [1.29, 1.82) is 0 Å². The number of para-hydroxylation sites is 1. The summed E-state index contributed by atoms with van der Waals surface area (Å²) in [5.74, 6) is -0.481. The first kappa shape index (κ1) is 15.6. The van der Waals surface area contributed by atoms with Gasteiger partial charge in [-0.2, -0.15) is 0 Å². The van der Waals surface area contributed by atoms with Crippen LogP contribution in [0.2, 0.25) is 0 Å². The molecule has 0 radical (unpaired) electrons. The molecule has 20 heavy (non-hydrogen) atoms. The van der Waals surface area contributed by atoms with Crippen LogP contribution >= 0.6 is 0 Å². The van der Waals surface area contributed by atoms with Gasteiger partial charge in [0.05, 0.1) is 11.5 Å². The molecule has 3 amide bonds. The number of nitrogens with zero attached hydrogens (tertiary/aromatic N) is 2. The largest absolute Gasteiger partial charge is 0.341 e. The van der Waals surface area contributed by atoms with Crippen LogP contribution in [-0.4, -0.2) is 42.4 Å². The Morgan fingerprint density at radius 3 is 2.60 bits per heavy atom. The lowest BCUT2D eigenvalue weighted by Crippen LogP contribution is -2.42. The van der Waals surface area contributed by atoms with Crippen molar-refractivity contribution < 1.29 is 14.5 Å². The average molecular weight is 280 g/mol. The lowest BCUT2D eigenvalue weighted by atomic mass is 10.1. The van der Waals surface area contributed by atoms with E-state index in [1.807, 2.05) is 0 Å². The Labute approximate surface area is 115 Å². The van der Waals surface area contributed by atoms with Crippen LogP contribution < -0.4 is 10.6 Å². The third-order valence-electron chi connectivity index (χ3n) is 2.52. The lowest BCUT2D eigenvalue weighted by Gasteiger charge is -2.15. The van der Waals surface area contributed by atoms with E-state index in [9.17, 15) is 19.7 Å². The number of nitro benzene ring substituents is 1. The van der Waals surface area contributed by atoms with Gasteiger partial charge in [-0.25, -0.2) is 4.79 Å². The molecule has 0 aliphatic rings. The number of carbonyl (C=O) groups excluding carboxylic acids is 2. The molecule has 1 rings (SSSR count). The summed E-state index contributed by atoms with van der Waals surface area (Å²) in [5.41, 5.74) is 0.513. The fourth-order valence-corrected chi connectivity index (χ4v) is 1.64. The Bertz CT molecular complexity index is 518. The summed E-state index contributed by atoms with van der Waals surface area (Å²) < 4.78 is 0. The van der Waals surface area contributed by atoms with E-state index >= 15 is 0 Å². The lowest BCUT2D eigenvalue weighted by molar-refractivity contribution is -0.385.